The van der Waals surface area contributed by atoms with Gasteiger partial charge in [0.25, 0.3) is 5.56 Å². The van der Waals surface area contributed by atoms with Crippen LogP contribution >= 0.6 is 20.0 Å². The molecule has 13 nitrogen and oxygen atoms in total. The number of phosphoric ester groups is 1. The molecule has 1 amide bonds. The maximum Gasteiger partial charge on any atom is 0.472 e. The van der Waals surface area contributed by atoms with E-state index in [-0.39, 0.29) is 23.9 Å². The molecule has 2 unspecified atom stereocenters. The first-order valence-corrected chi connectivity index (χ1v) is 11.0. The molecule has 0 bridgehead atoms. The highest BCUT2D eigenvalue weighted by Crippen LogP contribution is 2.45. The topological polar surface area (TPSA) is 182 Å². The highest BCUT2D eigenvalue weighted by atomic mass is 32.1. The molecule has 1 fully saturated rings. The van der Waals surface area contributed by atoms with Crippen LogP contribution in [0.15, 0.2) is 17.1 Å². The summed E-state index contributed by atoms with van der Waals surface area (Å²) in [5, 5.41) is 23.6. The van der Waals surface area contributed by atoms with Crippen LogP contribution in [0.5, 0.6) is 0 Å². The molecule has 2 heterocycles. The molecule has 0 aromatic carbocycles. The minimum absolute atomic E-state index is 0.0361. The molecule has 2 rings (SSSR count). The van der Waals surface area contributed by atoms with Gasteiger partial charge >= 0.3 is 7.82 Å². The van der Waals surface area contributed by atoms with Crippen molar-refractivity contribution >= 4 is 25.9 Å². The van der Waals surface area contributed by atoms with Crippen LogP contribution in [0.1, 0.15) is 20.1 Å². The van der Waals surface area contributed by atoms with Gasteiger partial charge in [-0.15, -0.1) is 0 Å². The summed E-state index contributed by atoms with van der Waals surface area (Å²) < 4.78 is 33.6. The Labute approximate surface area is 182 Å². The van der Waals surface area contributed by atoms with Crippen LogP contribution in [0, 0.1) is 4.77 Å². The third kappa shape index (κ3) is 6.75. The lowest BCUT2D eigenvalue weighted by Crippen LogP contribution is -2.44. The summed E-state index contributed by atoms with van der Waals surface area (Å²) in [5.74, 6) is -0.379. The van der Waals surface area contributed by atoms with E-state index in [4.69, 9.17) is 30.7 Å². The van der Waals surface area contributed by atoms with E-state index in [0.29, 0.717) is 0 Å². The number of phosphoric acid groups is 1. The van der Waals surface area contributed by atoms with Crippen molar-refractivity contribution in [3.8, 4) is 0 Å². The van der Waals surface area contributed by atoms with Gasteiger partial charge in [0.2, 0.25) is 5.91 Å². The number of nitrogens with zero attached hydrogens (tertiary/aromatic N) is 1. The Morgan fingerprint density at radius 3 is 2.74 bits per heavy atom. The standard InChI is InChI=1S/C16H26N3O10PS/c1-9(20)17-10(6-26-3)7-27-30(24,25)28-8-11-13(22)16(2,23)14(29-11)19-5-4-12(21)18-15(19)31/h4-5,10-11,13-14,22-23H,6-8H2,1-3H3,(H,17,20)(H,24,25)(H,18,21,31)/t10-,11-,13+,14-,16?/m1/s1. The van der Waals surface area contributed by atoms with E-state index in [9.17, 15) is 29.3 Å². The number of aliphatic hydroxyl groups is 2. The fraction of sp³-hybridized carbons (Fsp3) is 0.688. The van der Waals surface area contributed by atoms with Crippen LogP contribution in [0.3, 0.4) is 0 Å². The number of nitrogens with one attached hydrogen (secondary N) is 2. The second-order valence-corrected chi connectivity index (χ2v) is 8.97. The molecular weight excluding hydrogens is 457 g/mol. The van der Waals surface area contributed by atoms with Crippen LogP contribution in [0.4, 0.5) is 0 Å². The van der Waals surface area contributed by atoms with Gasteiger partial charge in [-0.3, -0.25) is 28.2 Å². The predicted octanol–water partition coefficient (Wildman–Crippen LogP) is -0.800. The fourth-order valence-electron chi connectivity index (χ4n) is 3.00. The Hall–Kier alpha value is -1.48. The first-order valence-electron chi connectivity index (χ1n) is 9.12. The maximum absolute atomic E-state index is 12.2. The van der Waals surface area contributed by atoms with Gasteiger partial charge in [0.15, 0.2) is 11.0 Å². The van der Waals surface area contributed by atoms with Gasteiger partial charge in [0, 0.05) is 26.3 Å². The molecule has 1 aromatic rings. The number of carbonyl (C=O) groups excluding carboxylic acids is 1. The average molecular weight is 483 g/mol. The molecule has 1 aliphatic heterocycles. The molecule has 1 aliphatic rings. The second kappa shape index (κ2) is 10.4. The minimum Gasteiger partial charge on any atom is -0.387 e. The van der Waals surface area contributed by atoms with Crippen LogP contribution in [-0.4, -0.2) is 81.3 Å². The Morgan fingerprint density at radius 1 is 1.48 bits per heavy atom. The van der Waals surface area contributed by atoms with Gasteiger partial charge in [-0.1, -0.05) is 0 Å². The van der Waals surface area contributed by atoms with Crippen LogP contribution in [-0.2, 0) is 27.9 Å². The van der Waals surface area contributed by atoms with E-state index < -0.39 is 50.1 Å². The van der Waals surface area contributed by atoms with Crippen molar-refractivity contribution in [1.82, 2.24) is 14.9 Å². The molecule has 0 aliphatic carbocycles. The van der Waals surface area contributed by atoms with Crippen molar-refractivity contribution in [2.24, 2.45) is 0 Å². The molecule has 0 radical (unpaired) electrons. The minimum atomic E-state index is -4.60. The second-order valence-electron chi connectivity index (χ2n) is 7.13. The monoisotopic (exact) mass is 483 g/mol. The predicted molar refractivity (Wildman–Crippen MR) is 108 cm³/mol. The number of hydrogen-bond acceptors (Lipinski definition) is 10. The molecule has 15 heteroatoms. The zero-order chi connectivity index (χ0) is 23.4. The molecule has 176 valence electrons. The first kappa shape index (κ1) is 25.8. The summed E-state index contributed by atoms with van der Waals surface area (Å²) in [4.78, 5) is 34.8. The molecular formula is C16H26N3O10PS. The van der Waals surface area contributed by atoms with Gasteiger partial charge in [-0.25, -0.2) is 4.57 Å². The average Bonchev–Trinajstić information content (AvgIpc) is 2.88. The van der Waals surface area contributed by atoms with E-state index >= 15 is 0 Å². The van der Waals surface area contributed by atoms with Crippen molar-refractivity contribution in [3.63, 3.8) is 0 Å². The fourth-order valence-corrected chi connectivity index (χ4v) is 4.03. The Morgan fingerprint density at radius 2 is 2.16 bits per heavy atom. The summed E-state index contributed by atoms with van der Waals surface area (Å²) >= 11 is 5.05. The smallest absolute Gasteiger partial charge is 0.387 e. The molecule has 31 heavy (non-hydrogen) atoms. The zero-order valence-electron chi connectivity index (χ0n) is 17.1. The summed E-state index contributed by atoms with van der Waals surface area (Å²) in [5.41, 5.74) is -2.32. The van der Waals surface area contributed by atoms with Crippen LogP contribution in [0.25, 0.3) is 0 Å². The lowest BCUT2D eigenvalue weighted by molar-refractivity contribution is -0.120. The highest BCUT2D eigenvalue weighted by molar-refractivity contribution is 7.71. The van der Waals surface area contributed by atoms with Crippen molar-refractivity contribution in [2.45, 2.75) is 43.9 Å². The Bertz CT molecular complexity index is 935. The number of aliphatic hydroxyl groups excluding tert-OH is 1. The number of aromatic amines is 1. The van der Waals surface area contributed by atoms with Gasteiger partial charge in [0.1, 0.15) is 17.8 Å². The number of H-pyrrole nitrogens is 1. The van der Waals surface area contributed by atoms with E-state index in [1.165, 1.54) is 31.7 Å². The van der Waals surface area contributed by atoms with Crippen LogP contribution < -0.4 is 10.9 Å². The highest BCUT2D eigenvalue weighted by Gasteiger charge is 2.53. The van der Waals surface area contributed by atoms with Crippen molar-refractivity contribution in [3.05, 3.63) is 27.4 Å². The summed E-state index contributed by atoms with van der Waals surface area (Å²) in [7, 11) is -3.21. The van der Waals surface area contributed by atoms with E-state index in [0.717, 1.165) is 6.07 Å². The number of hydrogen-bond donors (Lipinski definition) is 5. The van der Waals surface area contributed by atoms with Crippen LogP contribution in [0.2, 0.25) is 0 Å². The largest absolute Gasteiger partial charge is 0.472 e. The van der Waals surface area contributed by atoms with E-state index in [1.807, 2.05) is 0 Å². The van der Waals surface area contributed by atoms with E-state index in [1.54, 1.807) is 0 Å². The number of ether oxygens (including phenoxy) is 2. The first-order chi connectivity index (χ1) is 14.4. The number of aromatic nitrogens is 2. The van der Waals surface area contributed by atoms with Gasteiger partial charge in [0.05, 0.1) is 25.9 Å². The number of rotatable bonds is 10. The molecule has 0 spiro atoms. The number of carbonyl (C=O) groups is 1. The number of methoxy groups -OCH3 is 1. The van der Waals surface area contributed by atoms with Crippen molar-refractivity contribution in [2.75, 3.05) is 26.9 Å². The number of amides is 1. The van der Waals surface area contributed by atoms with Crippen molar-refractivity contribution < 1.29 is 43.0 Å². The summed E-state index contributed by atoms with van der Waals surface area (Å²) in [6, 6.07) is 0.472. The van der Waals surface area contributed by atoms with E-state index in [2.05, 4.69) is 10.3 Å². The quantitative estimate of drug-likeness (QED) is 0.208. The molecule has 1 saturated heterocycles. The maximum atomic E-state index is 12.2. The van der Waals surface area contributed by atoms with Gasteiger partial charge in [-0.05, 0) is 19.1 Å². The van der Waals surface area contributed by atoms with Gasteiger partial charge < -0.3 is 29.9 Å². The molecule has 1 aromatic heterocycles. The lowest BCUT2D eigenvalue weighted by Gasteiger charge is -2.28. The summed E-state index contributed by atoms with van der Waals surface area (Å²) in [6.07, 6.45) is -2.66. The summed E-state index contributed by atoms with van der Waals surface area (Å²) in [6.45, 7) is 1.62. The molecule has 6 atom stereocenters. The van der Waals surface area contributed by atoms with Crippen molar-refractivity contribution in [1.29, 1.82) is 0 Å². The molecule has 5 N–H and O–H groups in total. The third-order valence-electron chi connectivity index (χ3n) is 4.47. The third-order valence-corrected chi connectivity index (χ3v) is 5.74. The normalized spacial score (nSPS) is 28.8. The zero-order valence-corrected chi connectivity index (χ0v) is 18.8. The Balaban J connectivity index is 2.02. The molecule has 0 saturated carbocycles. The Kier molecular flexibility index (Phi) is 8.67. The SMILES string of the molecule is COC[C@H](COP(=O)(O)OC[C@H]1O[C@@H](n2ccc(=O)[nH]c2=S)C(C)(O)[C@H]1O)NC(C)=O. The lowest BCUT2D eigenvalue weighted by atomic mass is 9.96. The van der Waals surface area contributed by atoms with Gasteiger partial charge in [-0.2, -0.15) is 0 Å².